The molecule has 0 saturated heterocycles. The molecular weight excluding hydrogens is 392 g/mol. The Labute approximate surface area is 177 Å². The van der Waals surface area contributed by atoms with Crippen LogP contribution in [0.3, 0.4) is 0 Å². The van der Waals surface area contributed by atoms with Crippen LogP contribution in [0.2, 0.25) is 0 Å². The van der Waals surface area contributed by atoms with Gasteiger partial charge in [-0.05, 0) is 71.1 Å². The summed E-state index contributed by atoms with van der Waals surface area (Å²) in [6.45, 7) is 0.439. The second kappa shape index (κ2) is 7.73. The van der Waals surface area contributed by atoms with Crippen molar-refractivity contribution in [1.82, 2.24) is 0 Å². The molecule has 0 unspecified atom stereocenters. The number of rotatable bonds is 4. The van der Waals surface area contributed by atoms with E-state index >= 15 is 0 Å². The molecule has 0 amide bonds. The van der Waals surface area contributed by atoms with Crippen molar-refractivity contribution in [2.24, 2.45) is 0 Å². The van der Waals surface area contributed by atoms with Crippen LogP contribution in [0.5, 0.6) is 11.5 Å². The topological polar surface area (TPSA) is 46.5 Å². The summed E-state index contributed by atoms with van der Waals surface area (Å²) in [5.74, 6) is 1.14. The molecule has 0 radical (unpaired) electrons. The minimum absolute atomic E-state index is 0.105. The Morgan fingerprint density at radius 2 is 1.27 bits per heavy atom. The van der Waals surface area contributed by atoms with Gasteiger partial charge in [-0.2, -0.15) is 10.9 Å². The van der Waals surface area contributed by atoms with Crippen LogP contribution in [0.25, 0.3) is 0 Å². The van der Waals surface area contributed by atoms with Crippen molar-refractivity contribution in [3.63, 3.8) is 0 Å². The molecule has 0 bridgehead atoms. The monoisotopic (exact) mass is 412 g/mol. The molecule has 0 spiro atoms. The van der Waals surface area contributed by atoms with Gasteiger partial charge < -0.3 is 9.84 Å². The molecule has 0 aliphatic carbocycles. The first-order valence-corrected chi connectivity index (χ1v) is 11.1. The van der Waals surface area contributed by atoms with Gasteiger partial charge in [0.2, 0.25) is 0 Å². The number of phenols is 1. The largest absolute Gasteiger partial charge is 0.508 e. The highest BCUT2D eigenvalue weighted by molar-refractivity contribution is 8.17. The van der Waals surface area contributed by atoms with E-state index in [1.807, 2.05) is 60.7 Å². The molecule has 0 saturated carbocycles. The first kappa shape index (κ1) is 18.5. The Kier molecular flexibility index (Phi) is 4.77. The first-order chi connectivity index (χ1) is 14.7. The first-order valence-electron chi connectivity index (χ1n) is 9.74. The van der Waals surface area contributed by atoms with E-state index in [2.05, 4.69) is 24.3 Å². The highest BCUT2D eigenvalue weighted by atomic mass is 32.2. The van der Waals surface area contributed by atoms with E-state index in [-0.39, 0.29) is 11.5 Å². The number of carbonyl (C=O) groups is 1. The molecule has 148 valence electrons. The smallest absolute Gasteiger partial charge is 0.195 e. The highest BCUT2D eigenvalue weighted by Crippen LogP contribution is 2.56. The summed E-state index contributed by atoms with van der Waals surface area (Å²) in [6, 6.07) is 31.0. The number of aromatic hydroxyl groups is 1. The molecule has 4 aromatic carbocycles. The molecule has 4 aromatic rings. The Bertz CT molecular complexity index is 1160. The molecule has 1 aliphatic rings. The Morgan fingerprint density at radius 1 is 0.700 bits per heavy atom. The van der Waals surface area contributed by atoms with Crippen LogP contribution in [0.4, 0.5) is 0 Å². The van der Waals surface area contributed by atoms with Crippen LogP contribution in [0, 0.1) is 0 Å². The quantitative estimate of drug-likeness (QED) is 0.356. The predicted molar refractivity (Wildman–Crippen MR) is 119 cm³/mol. The van der Waals surface area contributed by atoms with Gasteiger partial charge in [-0.3, -0.25) is 4.79 Å². The highest BCUT2D eigenvalue weighted by Gasteiger charge is 2.29. The van der Waals surface area contributed by atoms with Crippen molar-refractivity contribution in [3.05, 3.63) is 114 Å². The van der Waals surface area contributed by atoms with Gasteiger partial charge in [0.1, 0.15) is 18.1 Å². The molecule has 4 heteroatoms. The average molecular weight is 413 g/mol. The molecule has 0 aromatic heterocycles. The SMILES string of the molecule is O=C1c2ccccc2[SH](c2ccc(OCc3ccc(O)cc3)cc2)c2ccccc21. The maximum atomic E-state index is 13.0. The maximum Gasteiger partial charge on any atom is 0.195 e. The fourth-order valence-corrected chi connectivity index (χ4v) is 6.29. The van der Waals surface area contributed by atoms with Crippen LogP contribution in [0.15, 0.2) is 112 Å². The van der Waals surface area contributed by atoms with E-state index in [9.17, 15) is 9.90 Å². The average Bonchev–Trinajstić information content (AvgIpc) is 2.80. The van der Waals surface area contributed by atoms with Gasteiger partial charge in [-0.25, -0.2) is 0 Å². The van der Waals surface area contributed by atoms with Crippen LogP contribution in [-0.4, -0.2) is 10.9 Å². The fourth-order valence-electron chi connectivity index (χ4n) is 3.72. The summed E-state index contributed by atoms with van der Waals surface area (Å²) in [7, 11) is -0.798. The van der Waals surface area contributed by atoms with Crippen molar-refractivity contribution < 1.29 is 14.6 Å². The maximum absolute atomic E-state index is 13.0. The van der Waals surface area contributed by atoms with E-state index in [1.165, 1.54) is 4.90 Å². The second-order valence-electron chi connectivity index (χ2n) is 7.15. The van der Waals surface area contributed by atoms with Crippen LogP contribution < -0.4 is 4.74 Å². The number of fused-ring (bicyclic) bond motifs is 2. The van der Waals surface area contributed by atoms with Crippen molar-refractivity contribution >= 4 is 16.7 Å². The van der Waals surface area contributed by atoms with Crippen molar-refractivity contribution in [2.75, 3.05) is 0 Å². The number of hydrogen-bond acceptors (Lipinski definition) is 3. The summed E-state index contributed by atoms with van der Waals surface area (Å²) in [4.78, 5) is 16.4. The third-order valence-corrected chi connectivity index (χ3v) is 7.77. The number of ether oxygens (including phenoxy) is 1. The van der Waals surface area contributed by atoms with Gasteiger partial charge in [0, 0.05) is 20.9 Å². The van der Waals surface area contributed by atoms with Gasteiger partial charge >= 0.3 is 0 Å². The molecule has 1 aliphatic heterocycles. The summed E-state index contributed by atoms with van der Waals surface area (Å²) in [5, 5.41) is 9.39. The number of thiol groups is 1. The molecule has 1 heterocycles. The number of phenolic OH excluding ortho intramolecular Hbond substituents is 1. The van der Waals surface area contributed by atoms with Crippen LogP contribution in [-0.2, 0) is 6.61 Å². The normalized spacial score (nSPS) is 13.5. The fraction of sp³-hybridized carbons (Fsp3) is 0.0385. The van der Waals surface area contributed by atoms with E-state index < -0.39 is 10.9 Å². The zero-order valence-electron chi connectivity index (χ0n) is 16.2. The van der Waals surface area contributed by atoms with Gasteiger partial charge in [-0.15, -0.1) is 0 Å². The van der Waals surface area contributed by atoms with E-state index in [0.717, 1.165) is 32.2 Å². The molecule has 1 N–H and O–H groups in total. The molecule has 3 nitrogen and oxygen atoms in total. The number of benzene rings is 4. The Balaban J connectivity index is 1.45. The molecule has 5 rings (SSSR count). The summed E-state index contributed by atoms with van der Waals surface area (Å²) in [5.41, 5.74) is 2.60. The van der Waals surface area contributed by atoms with Crippen molar-refractivity contribution in [3.8, 4) is 11.5 Å². The lowest BCUT2D eigenvalue weighted by Crippen LogP contribution is -2.12. The van der Waals surface area contributed by atoms with E-state index in [4.69, 9.17) is 4.74 Å². The molecular formula is C26H20O3S. The summed E-state index contributed by atoms with van der Waals surface area (Å²) < 4.78 is 5.90. The lowest BCUT2D eigenvalue weighted by molar-refractivity contribution is 0.103. The minimum Gasteiger partial charge on any atom is -0.508 e. The van der Waals surface area contributed by atoms with Gasteiger partial charge in [0.15, 0.2) is 5.78 Å². The Morgan fingerprint density at radius 3 is 1.87 bits per heavy atom. The lowest BCUT2D eigenvalue weighted by atomic mass is 10.0. The molecule has 0 fully saturated rings. The van der Waals surface area contributed by atoms with Crippen molar-refractivity contribution in [2.45, 2.75) is 21.3 Å². The third kappa shape index (κ3) is 3.36. The van der Waals surface area contributed by atoms with Crippen LogP contribution >= 0.6 is 10.9 Å². The summed E-state index contributed by atoms with van der Waals surface area (Å²) >= 11 is 0. The zero-order valence-corrected chi connectivity index (χ0v) is 17.1. The standard InChI is InChI=1S/C26H20O3S/c27-19-11-9-18(10-12-19)17-29-20-13-15-21(16-14-20)30-24-7-3-1-5-22(24)26(28)23-6-2-4-8-25(23)30/h1-16,27,30H,17H2. The minimum atomic E-state index is -0.798. The lowest BCUT2D eigenvalue weighted by Gasteiger charge is -2.31. The predicted octanol–water partition coefficient (Wildman–Crippen LogP) is 5.99. The number of ketones is 1. The third-order valence-electron chi connectivity index (χ3n) is 5.22. The van der Waals surface area contributed by atoms with Crippen LogP contribution in [0.1, 0.15) is 21.5 Å². The van der Waals surface area contributed by atoms with E-state index in [1.54, 1.807) is 12.1 Å². The molecule has 0 atom stereocenters. The number of hydrogen-bond donors (Lipinski definition) is 2. The van der Waals surface area contributed by atoms with Gasteiger partial charge in [-0.1, -0.05) is 36.4 Å². The summed E-state index contributed by atoms with van der Waals surface area (Å²) in [6.07, 6.45) is 0. The second-order valence-corrected chi connectivity index (χ2v) is 9.30. The van der Waals surface area contributed by atoms with Crippen molar-refractivity contribution in [1.29, 1.82) is 0 Å². The Hall–Kier alpha value is -3.50. The molecule has 30 heavy (non-hydrogen) atoms. The number of carbonyl (C=O) groups excluding carboxylic acids is 1. The van der Waals surface area contributed by atoms with E-state index in [0.29, 0.717) is 6.61 Å². The zero-order chi connectivity index (χ0) is 20.5. The van der Waals surface area contributed by atoms with Gasteiger partial charge in [0.25, 0.3) is 0 Å². The van der Waals surface area contributed by atoms with Gasteiger partial charge in [0.05, 0.1) is 0 Å².